The highest BCUT2D eigenvalue weighted by molar-refractivity contribution is 6.76. The average Bonchev–Trinajstić information content (AvgIpc) is 2.88. The fraction of sp³-hybridized carbons (Fsp3) is 0.276. The summed E-state index contributed by atoms with van der Waals surface area (Å²) in [4.78, 5) is 21.3. The van der Waals surface area contributed by atoms with Crippen molar-refractivity contribution in [2.24, 2.45) is 0 Å². The first kappa shape index (κ1) is 28.6. The van der Waals surface area contributed by atoms with E-state index in [4.69, 9.17) is 16.3 Å². The van der Waals surface area contributed by atoms with Gasteiger partial charge in [0, 0.05) is 45.1 Å². The number of halogens is 3. The molecule has 0 spiro atoms. The number of rotatable bonds is 11. The molecule has 0 fully saturated rings. The summed E-state index contributed by atoms with van der Waals surface area (Å²) < 4.78 is 36.7. The fourth-order valence-corrected chi connectivity index (χ4v) is 4.86. The standard InChI is InChI=1S/C29H30ClF2N3O3Si/c1-39(2,3)13-12-37-19-35-25-9-6-20(14-23(25)8-11-28(35)36)4-5-22-17-33-27(34-18-22)16-21-7-10-26(24(30)15-21)38-29(31)32/h4-11,14-15,17-18,29H,12-13,16,19H2,1-3H3/b5-4+. The molecule has 4 aromatic rings. The largest absolute Gasteiger partial charge is 0.433 e. The molecule has 2 heterocycles. The van der Waals surface area contributed by atoms with E-state index in [-0.39, 0.29) is 23.1 Å². The van der Waals surface area contributed by atoms with Crippen LogP contribution in [0.5, 0.6) is 5.75 Å². The maximum Gasteiger partial charge on any atom is 0.387 e. The van der Waals surface area contributed by atoms with Crippen LogP contribution in [0.2, 0.25) is 30.7 Å². The second-order valence-electron chi connectivity index (χ2n) is 10.4. The van der Waals surface area contributed by atoms with Crippen LogP contribution in [0.4, 0.5) is 8.78 Å². The van der Waals surface area contributed by atoms with Gasteiger partial charge in [-0.05, 0) is 52.9 Å². The van der Waals surface area contributed by atoms with E-state index in [1.165, 1.54) is 6.07 Å². The zero-order valence-corrected chi connectivity index (χ0v) is 23.8. The van der Waals surface area contributed by atoms with E-state index in [0.29, 0.717) is 18.9 Å². The number of pyridine rings is 1. The first-order chi connectivity index (χ1) is 18.6. The summed E-state index contributed by atoms with van der Waals surface area (Å²) in [6.45, 7) is 4.84. The van der Waals surface area contributed by atoms with Crippen LogP contribution in [0.3, 0.4) is 0 Å². The SMILES string of the molecule is C[Si](C)(C)CCOCn1c(=O)ccc2cc(/C=C/c3cnc(Cc4ccc(OC(F)F)c(Cl)c4)nc3)ccc21. The normalized spacial score (nSPS) is 12.1. The van der Waals surface area contributed by atoms with E-state index in [1.807, 2.05) is 36.4 Å². The van der Waals surface area contributed by atoms with Gasteiger partial charge in [0.15, 0.2) is 0 Å². The Morgan fingerprint density at radius 1 is 1.00 bits per heavy atom. The second kappa shape index (κ2) is 12.6. The summed E-state index contributed by atoms with van der Waals surface area (Å²) in [6, 6.07) is 15.0. The van der Waals surface area contributed by atoms with Crippen molar-refractivity contribution in [3.63, 3.8) is 0 Å². The first-order valence-electron chi connectivity index (χ1n) is 12.5. The van der Waals surface area contributed by atoms with Crippen LogP contribution in [-0.4, -0.2) is 35.8 Å². The van der Waals surface area contributed by atoms with Crippen LogP contribution in [0.1, 0.15) is 22.5 Å². The molecule has 0 unspecified atom stereocenters. The molecule has 0 N–H and O–H groups in total. The number of benzene rings is 2. The zero-order valence-electron chi connectivity index (χ0n) is 22.0. The molecule has 0 radical (unpaired) electrons. The molecule has 0 bridgehead atoms. The fourth-order valence-electron chi connectivity index (χ4n) is 3.86. The highest BCUT2D eigenvalue weighted by atomic mass is 35.5. The molecule has 0 saturated carbocycles. The molecule has 0 amide bonds. The monoisotopic (exact) mass is 569 g/mol. The molecule has 10 heteroatoms. The van der Waals surface area contributed by atoms with E-state index in [9.17, 15) is 13.6 Å². The third-order valence-corrected chi connectivity index (χ3v) is 8.00. The summed E-state index contributed by atoms with van der Waals surface area (Å²) in [7, 11) is -1.20. The van der Waals surface area contributed by atoms with E-state index in [0.717, 1.165) is 33.6 Å². The van der Waals surface area contributed by atoms with Crippen molar-refractivity contribution in [1.82, 2.24) is 14.5 Å². The Balaban J connectivity index is 1.41. The quantitative estimate of drug-likeness (QED) is 0.142. The third-order valence-electron chi connectivity index (χ3n) is 6.00. The van der Waals surface area contributed by atoms with Gasteiger partial charge in [0.1, 0.15) is 18.3 Å². The molecule has 0 aliphatic heterocycles. The van der Waals surface area contributed by atoms with Crippen LogP contribution in [0, 0.1) is 0 Å². The molecule has 204 valence electrons. The van der Waals surface area contributed by atoms with Crippen molar-refractivity contribution in [2.75, 3.05) is 6.61 Å². The maximum absolute atomic E-state index is 12.5. The Morgan fingerprint density at radius 2 is 1.74 bits per heavy atom. The number of hydrogen-bond acceptors (Lipinski definition) is 5. The maximum atomic E-state index is 12.5. The number of aromatic nitrogens is 3. The first-order valence-corrected chi connectivity index (χ1v) is 16.6. The summed E-state index contributed by atoms with van der Waals surface area (Å²) in [5.74, 6) is 0.501. The molecule has 4 rings (SSSR count). The van der Waals surface area contributed by atoms with Gasteiger partial charge in [-0.1, -0.05) is 55.5 Å². The summed E-state index contributed by atoms with van der Waals surface area (Å²) in [5.41, 5.74) is 3.31. The van der Waals surface area contributed by atoms with Crippen molar-refractivity contribution in [1.29, 1.82) is 0 Å². The Kier molecular flexibility index (Phi) is 9.27. The highest BCUT2D eigenvalue weighted by Crippen LogP contribution is 2.27. The average molecular weight is 570 g/mol. The van der Waals surface area contributed by atoms with Crippen molar-refractivity contribution < 1.29 is 18.3 Å². The Morgan fingerprint density at radius 3 is 2.44 bits per heavy atom. The van der Waals surface area contributed by atoms with E-state index in [1.54, 1.807) is 35.2 Å². The zero-order chi connectivity index (χ0) is 28.0. The van der Waals surface area contributed by atoms with Crippen molar-refractivity contribution in [3.05, 3.63) is 98.8 Å². The van der Waals surface area contributed by atoms with Crippen molar-refractivity contribution in [3.8, 4) is 5.75 Å². The van der Waals surface area contributed by atoms with Crippen molar-refractivity contribution in [2.45, 2.75) is 45.4 Å². The molecule has 0 aliphatic carbocycles. The Labute approximate surface area is 231 Å². The molecule has 2 aromatic heterocycles. The van der Waals surface area contributed by atoms with Gasteiger partial charge in [0.25, 0.3) is 5.56 Å². The molecule has 0 saturated heterocycles. The molecule has 6 nitrogen and oxygen atoms in total. The molecule has 39 heavy (non-hydrogen) atoms. The molecular weight excluding hydrogens is 540 g/mol. The number of alkyl halides is 2. The predicted octanol–water partition coefficient (Wildman–Crippen LogP) is 7.12. The number of hydrogen-bond donors (Lipinski definition) is 0. The molecule has 2 aromatic carbocycles. The molecular formula is C29H30ClF2N3O3Si. The van der Waals surface area contributed by atoms with Crippen LogP contribution >= 0.6 is 11.6 Å². The topological polar surface area (TPSA) is 66.2 Å². The molecule has 0 aliphatic rings. The van der Waals surface area contributed by atoms with Gasteiger partial charge >= 0.3 is 6.61 Å². The van der Waals surface area contributed by atoms with Gasteiger partial charge in [0.2, 0.25) is 0 Å². The van der Waals surface area contributed by atoms with E-state index in [2.05, 4.69) is 34.3 Å². The van der Waals surface area contributed by atoms with Gasteiger partial charge in [0.05, 0.1) is 10.5 Å². The minimum Gasteiger partial charge on any atom is -0.433 e. The van der Waals surface area contributed by atoms with Gasteiger partial charge in [-0.25, -0.2) is 9.97 Å². The summed E-state index contributed by atoms with van der Waals surface area (Å²) in [5, 5.41) is 1.05. The van der Waals surface area contributed by atoms with Crippen LogP contribution in [-0.2, 0) is 17.9 Å². The lowest BCUT2D eigenvalue weighted by molar-refractivity contribution is -0.0497. The third kappa shape index (κ3) is 8.29. The minimum atomic E-state index is -2.93. The highest BCUT2D eigenvalue weighted by Gasteiger charge is 2.13. The number of fused-ring (bicyclic) bond motifs is 1. The lowest BCUT2D eigenvalue weighted by Gasteiger charge is -2.16. The van der Waals surface area contributed by atoms with Crippen molar-refractivity contribution >= 4 is 42.7 Å². The van der Waals surface area contributed by atoms with Gasteiger partial charge in [-0.2, -0.15) is 8.78 Å². The molecule has 0 atom stereocenters. The minimum absolute atomic E-state index is 0.0698. The van der Waals surface area contributed by atoms with E-state index >= 15 is 0 Å². The number of ether oxygens (including phenoxy) is 2. The summed E-state index contributed by atoms with van der Waals surface area (Å²) >= 11 is 6.03. The smallest absolute Gasteiger partial charge is 0.387 e. The Bertz CT molecular complexity index is 1520. The lowest BCUT2D eigenvalue weighted by atomic mass is 10.1. The van der Waals surface area contributed by atoms with Gasteiger partial charge < -0.3 is 9.47 Å². The lowest BCUT2D eigenvalue weighted by Crippen LogP contribution is -2.24. The Hall–Kier alpha value is -3.40. The van der Waals surface area contributed by atoms with Gasteiger partial charge in [-0.15, -0.1) is 0 Å². The van der Waals surface area contributed by atoms with Crippen LogP contribution < -0.4 is 10.3 Å². The van der Waals surface area contributed by atoms with Crippen LogP contribution in [0.25, 0.3) is 23.1 Å². The predicted molar refractivity (Wildman–Crippen MR) is 154 cm³/mol. The van der Waals surface area contributed by atoms with Crippen LogP contribution in [0.15, 0.2) is 65.7 Å². The number of nitrogens with zero attached hydrogens (tertiary/aromatic N) is 3. The second-order valence-corrected chi connectivity index (χ2v) is 16.4. The van der Waals surface area contributed by atoms with E-state index < -0.39 is 14.7 Å². The van der Waals surface area contributed by atoms with Gasteiger partial charge in [-0.3, -0.25) is 9.36 Å². The summed E-state index contributed by atoms with van der Waals surface area (Å²) in [6.07, 6.45) is 7.69.